The van der Waals surface area contributed by atoms with Crippen LogP contribution in [0.1, 0.15) is 32.3 Å². The van der Waals surface area contributed by atoms with Crippen LogP contribution < -0.4 is 15.4 Å². The molecule has 0 spiro atoms. The Kier molecular flexibility index (Phi) is 6.72. The Hall–Kier alpha value is -1.73. The Bertz CT molecular complexity index is 709. The number of carbonyl (C=O) groups excluding carboxylic acids is 2. The number of rotatable bonds is 6. The number of amidine groups is 1. The molecule has 0 bridgehead atoms. The minimum Gasteiger partial charge on any atom is -0.495 e. The van der Waals surface area contributed by atoms with E-state index in [2.05, 4.69) is 15.6 Å². The van der Waals surface area contributed by atoms with Crippen molar-refractivity contribution in [1.82, 2.24) is 5.32 Å². The summed E-state index contributed by atoms with van der Waals surface area (Å²) in [6, 6.07) is 3.54. The zero-order valence-corrected chi connectivity index (χ0v) is 16.3. The van der Waals surface area contributed by atoms with E-state index < -0.39 is 5.25 Å². The van der Waals surface area contributed by atoms with Crippen LogP contribution in [0.15, 0.2) is 17.1 Å². The van der Waals surface area contributed by atoms with Crippen LogP contribution in [0.3, 0.4) is 0 Å². The first kappa shape index (κ1) is 19.6. The number of nitrogens with zero attached hydrogens (tertiary/aromatic N) is 1. The first-order valence-electron chi connectivity index (χ1n) is 8.03. The number of benzene rings is 1. The monoisotopic (exact) mass is 383 g/mol. The van der Waals surface area contributed by atoms with Gasteiger partial charge in [0, 0.05) is 23.6 Å². The summed E-state index contributed by atoms with van der Waals surface area (Å²) in [5.41, 5.74) is 1.36. The average molecular weight is 384 g/mol. The molecule has 1 saturated heterocycles. The fourth-order valence-corrected chi connectivity index (χ4v) is 3.42. The number of methoxy groups -OCH3 is 1. The van der Waals surface area contributed by atoms with Gasteiger partial charge in [0.1, 0.15) is 11.0 Å². The van der Waals surface area contributed by atoms with Crippen molar-refractivity contribution in [2.24, 2.45) is 4.99 Å². The van der Waals surface area contributed by atoms with Crippen molar-refractivity contribution in [1.29, 1.82) is 0 Å². The summed E-state index contributed by atoms with van der Waals surface area (Å²) in [5.74, 6) is 0.0189. The molecule has 1 aliphatic heterocycles. The second-order valence-electron chi connectivity index (χ2n) is 5.84. The molecule has 1 aromatic carbocycles. The van der Waals surface area contributed by atoms with E-state index in [1.165, 1.54) is 18.9 Å². The smallest absolute Gasteiger partial charge is 0.240 e. The van der Waals surface area contributed by atoms with Crippen LogP contribution in [-0.2, 0) is 9.59 Å². The second kappa shape index (κ2) is 8.58. The van der Waals surface area contributed by atoms with Crippen molar-refractivity contribution in [2.45, 2.75) is 44.9 Å². The quantitative estimate of drug-likeness (QED) is 0.789. The van der Waals surface area contributed by atoms with E-state index >= 15 is 0 Å². The highest BCUT2D eigenvalue weighted by Crippen LogP contribution is 2.31. The summed E-state index contributed by atoms with van der Waals surface area (Å²) in [4.78, 5) is 28.8. The number of nitrogens with one attached hydrogen (secondary N) is 2. The number of aryl methyl sites for hydroxylation is 1. The largest absolute Gasteiger partial charge is 0.495 e. The molecule has 1 aromatic rings. The fourth-order valence-electron chi connectivity index (χ4n) is 2.19. The molecule has 0 aliphatic carbocycles. The van der Waals surface area contributed by atoms with Gasteiger partial charge >= 0.3 is 0 Å². The zero-order chi connectivity index (χ0) is 18.6. The summed E-state index contributed by atoms with van der Waals surface area (Å²) < 4.78 is 5.24. The lowest BCUT2D eigenvalue weighted by atomic mass is 10.2. The number of carbonyl (C=O) groups is 2. The topological polar surface area (TPSA) is 79.8 Å². The van der Waals surface area contributed by atoms with Crippen molar-refractivity contribution in [3.05, 3.63) is 22.7 Å². The minimum atomic E-state index is -0.484. The Morgan fingerprint density at radius 1 is 1.52 bits per heavy atom. The molecule has 136 valence electrons. The van der Waals surface area contributed by atoms with E-state index in [1.807, 2.05) is 20.8 Å². The van der Waals surface area contributed by atoms with Crippen molar-refractivity contribution in [3.63, 3.8) is 0 Å². The van der Waals surface area contributed by atoms with Crippen LogP contribution in [0.5, 0.6) is 5.75 Å². The van der Waals surface area contributed by atoms with E-state index in [0.717, 1.165) is 12.0 Å². The number of anilines is 1. The van der Waals surface area contributed by atoms with Crippen LogP contribution in [0, 0.1) is 6.92 Å². The number of hydrogen-bond donors (Lipinski definition) is 2. The Morgan fingerprint density at radius 3 is 2.88 bits per heavy atom. The van der Waals surface area contributed by atoms with Crippen LogP contribution in [0.2, 0.25) is 5.02 Å². The van der Waals surface area contributed by atoms with Gasteiger partial charge in [0.15, 0.2) is 5.17 Å². The van der Waals surface area contributed by atoms with Crippen LogP contribution in [-0.4, -0.2) is 35.4 Å². The highest BCUT2D eigenvalue weighted by molar-refractivity contribution is 8.15. The first-order chi connectivity index (χ1) is 11.8. The number of ether oxygens (including phenoxy) is 1. The molecular formula is C17H22ClN3O3S. The van der Waals surface area contributed by atoms with Gasteiger partial charge in [-0.2, -0.15) is 0 Å². The molecule has 0 radical (unpaired) electrons. The van der Waals surface area contributed by atoms with Gasteiger partial charge in [0.2, 0.25) is 11.8 Å². The van der Waals surface area contributed by atoms with Crippen molar-refractivity contribution in [3.8, 4) is 5.75 Å². The average Bonchev–Trinajstić information content (AvgIpc) is 2.89. The van der Waals surface area contributed by atoms with Crippen molar-refractivity contribution >= 4 is 46.0 Å². The van der Waals surface area contributed by atoms with Crippen molar-refractivity contribution in [2.75, 3.05) is 12.4 Å². The van der Waals surface area contributed by atoms with E-state index in [4.69, 9.17) is 16.3 Å². The van der Waals surface area contributed by atoms with E-state index in [-0.39, 0.29) is 24.3 Å². The molecule has 0 aromatic heterocycles. The number of halogens is 1. The fraction of sp³-hybridized carbons (Fsp3) is 0.471. The maximum absolute atomic E-state index is 12.3. The van der Waals surface area contributed by atoms with Crippen LogP contribution >= 0.6 is 23.4 Å². The second-order valence-corrected chi connectivity index (χ2v) is 7.44. The van der Waals surface area contributed by atoms with E-state index in [0.29, 0.717) is 21.6 Å². The summed E-state index contributed by atoms with van der Waals surface area (Å²) in [7, 11) is 1.51. The minimum absolute atomic E-state index is 0.0564. The standard InChI is InChI=1S/C17H22ClN3O3S/c1-5-10(3)19-17-21-16(23)14(25-17)8-15(22)20-12-6-9(2)11(18)7-13(12)24-4/h6-7,10,14H,5,8H2,1-4H3,(H,20,22)(H,19,21,23)/t10-,14+/m0/s1. The predicted molar refractivity (Wildman–Crippen MR) is 103 cm³/mol. The molecule has 25 heavy (non-hydrogen) atoms. The number of hydrogen-bond acceptors (Lipinski definition) is 5. The summed E-state index contributed by atoms with van der Waals surface area (Å²) in [6.07, 6.45) is 0.946. The van der Waals surface area contributed by atoms with Gasteiger partial charge in [-0.3, -0.25) is 14.6 Å². The molecular weight excluding hydrogens is 362 g/mol. The maximum atomic E-state index is 12.3. The van der Waals surface area contributed by atoms with Crippen molar-refractivity contribution < 1.29 is 14.3 Å². The van der Waals surface area contributed by atoms with Gasteiger partial charge in [0.25, 0.3) is 0 Å². The first-order valence-corrected chi connectivity index (χ1v) is 9.29. The van der Waals surface area contributed by atoms with E-state index in [9.17, 15) is 9.59 Å². The summed E-state index contributed by atoms with van der Waals surface area (Å²) >= 11 is 7.36. The molecule has 2 atom stereocenters. The summed E-state index contributed by atoms with van der Waals surface area (Å²) in [6.45, 7) is 5.85. The Morgan fingerprint density at radius 2 is 2.24 bits per heavy atom. The van der Waals surface area contributed by atoms with Gasteiger partial charge < -0.3 is 15.4 Å². The molecule has 2 N–H and O–H groups in total. The van der Waals surface area contributed by atoms with Gasteiger partial charge in [-0.1, -0.05) is 30.3 Å². The molecule has 0 saturated carbocycles. The molecule has 2 amide bonds. The third kappa shape index (κ3) is 5.12. The highest BCUT2D eigenvalue weighted by Gasteiger charge is 2.32. The normalized spacial score (nSPS) is 19.6. The predicted octanol–water partition coefficient (Wildman–Crippen LogP) is 3.37. The Balaban J connectivity index is 2.03. The van der Waals surface area contributed by atoms with Crippen LogP contribution in [0.25, 0.3) is 0 Å². The van der Waals surface area contributed by atoms with Gasteiger partial charge in [-0.05, 0) is 31.9 Å². The lowest BCUT2D eigenvalue weighted by Crippen LogP contribution is -2.28. The highest BCUT2D eigenvalue weighted by atomic mass is 35.5. The lowest BCUT2D eigenvalue weighted by molar-refractivity contribution is -0.122. The zero-order valence-electron chi connectivity index (χ0n) is 14.7. The SMILES string of the molecule is CC[C@H](C)N=C1NC(=O)[C@@H](CC(=O)Nc2cc(C)c(Cl)cc2OC)S1. The van der Waals surface area contributed by atoms with Gasteiger partial charge in [-0.15, -0.1) is 0 Å². The number of aliphatic imine (C=N–C) groups is 1. The molecule has 1 aliphatic rings. The van der Waals surface area contributed by atoms with Gasteiger partial charge in [-0.25, -0.2) is 0 Å². The molecule has 6 nitrogen and oxygen atoms in total. The number of amides is 2. The molecule has 1 heterocycles. The summed E-state index contributed by atoms with van der Waals surface area (Å²) in [5, 5.41) is 6.18. The molecule has 1 fully saturated rings. The lowest BCUT2D eigenvalue weighted by Gasteiger charge is -2.13. The Labute approximate surface area is 156 Å². The van der Waals surface area contributed by atoms with E-state index in [1.54, 1.807) is 12.1 Å². The maximum Gasteiger partial charge on any atom is 0.240 e. The molecule has 0 unspecified atom stereocenters. The third-order valence-corrected chi connectivity index (χ3v) is 5.33. The molecule has 2 rings (SSSR count). The third-order valence-electron chi connectivity index (χ3n) is 3.83. The van der Waals surface area contributed by atoms with Gasteiger partial charge in [0.05, 0.1) is 12.8 Å². The molecule has 8 heteroatoms. The van der Waals surface area contributed by atoms with Crippen LogP contribution in [0.4, 0.5) is 5.69 Å². The number of thioether (sulfide) groups is 1.